The van der Waals surface area contributed by atoms with Gasteiger partial charge in [0.05, 0.1) is 22.3 Å². The molecule has 0 aliphatic heterocycles. The number of benzene rings is 2. The molecule has 0 aliphatic rings. The Bertz CT molecular complexity index is 885. The van der Waals surface area contributed by atoms with Crippen LogP contribution in [0.3, 0.4) is 0 Å². The minimum Gasteiger partial charge on any atom is -0.478 e. The molecule has 0 heterocycles. The van der Waals surface area contributed by atoms with Gasteiger partial charge in [-0.15, -0.1) is 0 Å². The molecule has 0 atom stereocenters. The highest BCUT2D eigenvalue weighted by Gasteiger charge is 2.33. The number of nitriles is 2. The zero-order valence-electron chi connectivity index (χ0n) is 13.6. The minimum absolute atomic E-state index is 0.00797. The summed E-state index contributed by atoms with van der Waals surface area (Å²) < 4.78 is 0. The van der Waals surface area contributed by atoms with Crippen molar-refractivity contribution in [3.8, 4) is 12.1 Å². The van der Waals surface area contributed by atoms with Crippen molar-refractivity contribution in [3.63, 3.8) is 0 Å². The van der Waals surface area contributed by atoms with Crippen LogP contribution >= 0.6 is 0 Å². The smallest absolute Gasteiger partial charge is 0.337 e. The van der Waals surface area contributed by atoms with E-state index in [0.717, 1.165) is 0 Å². The molecule has 0 amide bonds. The molecule has 2 N–H and O–H groups in total. The largest absolute Gasteiger partial charge is 0.478 e. The van der Waals surface area contributed by atoms with E-state index in [2.05, 4.69) is 0 Å². The van der Waals surface area contributed by atoms with E-state index in [-0.39, 0.29) is 22.3 Å². The molecule has 0 saturated heterocycles. The molecule has 0 radical (unpaired) electrons. The Morgan fingerprint density at radius 3 is 1.48 bits per heavy atom. The van der Waals surface area contributed by atoms with E-state index < -0.39 is 17.4 Å². The maximum atomic E-state index is 11.7. The minimum atomic E-state index is -1.27. The molecule has 0 aromatic heterocycles. The number of hydrogen-bond acceptors (Lipinski definition) is 4. The molecule has 0 aliphatic carbocycles. The molecular weight excluding hydrogens is 320 g/mol. The zero-order chi connectivity index (χ0) is 18.8. The topological polar surface area (TPSA) is 122 Å². The molecule has 0 saturated carbocycles. The van der Waals surface area contributed by atoms with Gasteiger partial charge < -0.3 is 10.2 Å². The summed E-state index contributed by atoms with van der Waals surface area (Å²) in [5.74, 6) is -2.54. The van der Waals surface area contributed by atoms with E-state index in [1.54, 1.807) is 38.1 Å². The summed E-state index contributed by atoms with van der Waals surface area (Å²) in [6.07, 6.45) is 0. The predicted molar refractivity (Wildman–Crippen MR) is 88.4 cm³/mol. The summed E-state index contributed by atoms with van der Waals surface area (Å²) in [5, 5.41) is 37.5. The summed E-state index contributed by atoms with van der Waals surface area (Å²) in [7, 11) is 0. The lowest BCUT2D eigenvalue weighted by molar-refractivity contribution is 0.0686. The van der Waals surface area contributed by atoms with Crippen molar-refractivity contribution in [1.29, 1.82) is 10.5 Å². The second-order valence-corrected chi connectivity index (χ2v) is 5.92. The van der Waals surface area contributed by atoms with Crippen LogP contribution in [0.5, 0.6) is 0 Å². The van der Waals surface area contributed by atoms with Gasteiger partial charge in [0, 0.05) is 5.41 Å². The van der Waals surface area contributed by atoms with E-state index in [1.165, 1.54) is 12.1 Å². The highest BCUT2D eigenvalue weighted by molar-refractivity contribution is 5.95. The Kier molecular flexibility index (Phi) is 4.58. The van der Waals surface area contributed by atoms with Gasteiger partial charge in [-0.25, -0.2) is 9.59 Å². The fourth-order valence-corrected chi connectivity index (χ4v) is 2.94. The van der Waals surface area contributed by atoms with E-state index in [4.69, 9.17) is 0 Å². The van der Waals surface area contributed by atoms with E-state index >= 15 is 0 Å². The maximum Gasteiger partial charge on any atom is 0.337 e. The molecular formula is C19H14N2O4. The summed E-state index contributed by atoms with van der Waals surface area (Å²) in [6, 6.07) is 12.7. The quantitative estimate of drug-likeness (QED) is 0.885. The molecule has 25 heavy (non-hydrogen) atoms. The van der Waals surface area contributed by atoms with Gasteiger partial charge in [-0.1, -0.05) is 38.1 Å². The molecule has 6 nitrogen and oxygen atoms in total. The molecule has 124 valence electrons. The summed E-state index contributed by atoms with van der Waals surface area (Å²) >= 11 is 0. The fourth-order valence-electron chi connectivity index (χ4n) is 2.94. The lowest BCUT2D eigenvalue weighted by Gasteiger charge is -2.29. The maximum absolute atomic E-state index is 11.7. The van der Waals surface area contributed by atoms with Crippen LogP contribution in [-0.2, 0) is 5.41 Å². The van der Waals surface area contributed by atoms with Crippen molar-refractivity contribution >= 4 is 11.9 Å². The number of nitrogens with zero attached hydrogens (tertiary/aromatic N) is 2. The standard InChI is InChI=1S/C19H14N2O4/c1-19(2,13-7-3-5-11(9-20)15(13)17(22)23)14-8-4-6-12(10-21)16(14)18(24)25/h3-8H,1-2H3,(H,22,23)(H,24,25). The van der Waals surface area contributed by atoms with Gasteiger partial charge in [0.25, 0.3) is 0 Å². The lowest BCUT2D eigenvalue weighted by atomic mass is 9.73. The number of rotatable bonds is 4. The SMILES string of the molecule is CC(C)(c1cccc(C#N)c1C(=O)O)c1cccc(C#N)c1C(=O)O. The van der Waals surface area contributed by atoms with Crippen molar-refractivity contribution in [2.75, 3.05) is 0 Å². The van der Waals surface area contributed by atoms with Crippen LogP contribution in [0.1, 0.15) is 56.8 Å². The number of carboxylic acids is 2. The summed E-state index contributed by atoms with van der Waals surface area (Å²) in [6.45, 7) is 3.33. The molecule has 0 fully saturated rings. The Morgan fingerprint density at radius 1 is 0.840 bits per heavy atom. The highest BCUT2D eigenvalue weighted by atomic mass is 16.4. The van der Waals surface area contributed by atoms with Gasteiger partial charge in [-0.2, -0.15) is 10.5 Å². The summed E-state index contributed by atoms with van der Waals surface area (Å²) in [4.78, 5) is 23.4. The van der Waals surface area contributed by atoms with E-state index in [9.17, 15) is 30.3 Å². The Hall–Kier alpha value is -3.64. The first-order valence-corrected chi connectivity index (χ1v) is 7.29. The third-order valence-corrected chi connectivity index (χ3v) is 4.14. The van der Waals surface area contributed by atoms with Crippen LogP contribution in [0.2, 0.25) is 0 Å². The van der Waals surface area contributed by atoms with Gasteiger partial charge in [0.15, 0.2) is 0 Å². The second kappa shape index (κ2) is 6.46. The van der Waals surface area contributed by atoms with Gasteiger partial charge in [-0.05, 0) is 23.3 Å². The number of carboxylic acid groups (broad SMARTS) is 2. The number of hydrogen-bond donors (Lipinski definition) is 2. The zero-order valence-corrected chi connectivity index (χ0v) is 13.6. The first-order chi connectivity index (χ1) is 11.8. The molecule has 2 aromatic rings. The van der Waals surface area contributed by atoms with Crippen molar-refractivity contribution in [3.05, 3.63) is 69.8 Å². The first-order valence-electron chi connectivity index (χ1n) is 7.29. The van der Waals surface area contributed by atoms with Crippen molar-refractivity contribution in [2.45, 2.75) is 19.3 Å². The van der Waals surface area contributed by atoms with Gasteiger partial charge >= 0.3 is 11.9 Å². The lowest BCUT2D eigenvalue weighted by Crippen LogP contribution is -2.26. The van der Waals surface area contributed by atoms with E-state index in [0.29, 0.717) is 11.1 Å². The van der Waals surface area contributed by atoms with Crippen LogP contribution in [0.4, 0.5) is 0 Å². The van der Waals surface area contributed by atoms with Crippen molar-refractivity contribution in [2.24, 2.45) is 0 Å². The third-order valence-electron chi connectivity index (χ3n) is 4.14. The molecule has 0 spiro atoms. The highest BCUT2D eigenvalue weighted by Crippen LogP contribution is 2.37. The number of carbonyl (C=O) groups is 2. The summed E-state index contributed by atoms with van der Waals surface area (Å²) in [5.41, 5.74) is -0.810. The molecule has 0 bridgehead atoms. The third kappa shape index (κ3) is 2.93. The molecule has 6 heteroatoms. The normalized spacial score (nSPS) is 10.6. The van der Waals surface area contributed by atoms with Crippen LogP contribution in [-0.4, -0.2) is 22.2 Å². The molecule has 2 rings (SSSR count). The van der Waals surface area contributed by atoms with E-state index in [1.807, 2.05) is 12.1 Å². The van der Waals surface area contributed by atoms with Crippen LogP contribution < -0.4 is 0 Å². The molecule has 0 unspecified atom stereocenters. The van der Waals surface area contributed by atoms with Crippen molar-refractivity contribution < 1.29 is 19.8 Å². The molecule has 2 aromatic carbocycles. The fraction of sp³-hybridized carbons (Fsp3) is 0.158. The average molecular weight is 334 g/mol. The Balaban J connectivity index is 2.87. The van der Waals surface area contributed by atoms with Crippen LogP contribution in [0, 0.1) is 22.7 Å². The van der Waals surface area contributed by atoms with Gasteiger partial charge in [0.2, 0.25) is 0 Å². The monoisotopic (exact) mass is 334 g/mol. The van der Waals surface area contributed by atoms with Crippen LogP contribution in [0.15, 0.2) is 36.4 Å². The Labute approximate surface area is 144 Å². The Morgan fingerprint density at radius 2 is 1.20 bits per heavy atom. The average Bonchev–Trinajstić information content (AvgIpc) is 2.59. The number of aromatic carboxylic acids is 2. The second-order valence-electron chi connectivity index (χ2n) is 5.92. The van der Waals surface area contributed by atoms with Gasteiger partial charge in [-0.3, -0.25) is 0 Å². The predicted octanol–water partition coefficient (Wildman–Crippen LogP) is 3.15. The van der Waals surface area contributed by atoms with Crippen molar-refractivity contribution in [1.82, 2.24) is 0 Å². The first kappa shape index (κ1) is 17.7. The van der Waals surface area contributed by atoms with Crippen LogP contribution in [0.25, 0.3) is 0 Å². The van der Waals surface area contributed by atoms with Gasteiger partial charge in [0.1, 0.15) is 12.1 Å².